The van der Waals surface area contributed by atoms with Gasteiger partial charge in [-0.05, 0) is 6.07 Å². The molecule has 0 aliphatic rings. The molecule has 0 unspecified atom stereocenters. The van der Waals surface area contributed by atoms with Gasteiger partial charge < -0.3 is 4.74 Å². The van der Waals surface area contributed by atoms with Crippen molar-refractivity contribution in [1.82, 2.24) is 0 Å². The zero-order valence-electron chi connectivity index (χ0n) is 8.85. The van der Waals surface area contributed by atoms with Gasteiger partial charge in [0.25, 0.3) is 5.69 Å². The fourth-order valence-corrected chi connectivity index (χ4v) is 0.886. The molecule has 15 heavy (non-hydrogen) atoms. The first kappa shape index (κ1) is 13.2. The number of nitrogens with one attached hydrogen (secondary N) is 1. The first-order valence-electron chi connectivity index (χ1n) is 4.41. The van der Waals surface area contributed by atoms with E-state index < -0.39 is 4.92 Å². The van der Waals surface area contributed by atoms with Crippen molar-refractivity contribution >= 4 is 11.4 Å². The number of anilines is 1. The lowest BCUT2D eigenvalue weighted by Crippen LogP contribution is -1.96. The molecular weight excluding hydrogens is 200 g/mol. The van der Waals surface area contributed by atoms with Crippen LogP contribution < -0.4 is 10.2 Å². The van der Waals surface area contributed by atoms with Gasteiger partial charge in [0.2, 0.25) is 0 Å². The highest BCUT2D eigenvalue weighted by Gasteiger charge is 2.10. The molecule has 1 rings (SSSR count). The molecule has 0 amide bonds. The van der Waals surface area contributed by atoms with Crippen molar-refractivity contribution in [2.24, 2.45) is 0 Å². The Bertz CT molecular complexity index is 328. The molecule has 0 saturated carbocycles. The number of benzene rings is 1. The fraction of sp³-hybridized carbons (Fsp3) is 0.333. The maximum atomic E-state index is 10.3. The van der Waals surface area contributed by atoms with Gasteiger partial charge in [0.1, 0.15) is 5.69 Å². The molecule has 0 atom stereocenters. The van der Waals surface area contributed by atoms with E-state index >= 15 is 0 Å². The number of non-ortho nitro benzene ring substituents is 1. The van der Waals surface area contributed by atoms with Crippen LogP contribution in [-0.2, 0) is 0 Å². The molecule has 6 nitrogen and oxygen atoms in total. The molecule has 0 aliphatic carbocycles. The van der Waals surface area contributed by atoms with E-state index in [1.807, 2.05) is 19.3 Å². The third-order valence-electron chi connectivity index (χ3n) is 1.52. The summed E-state index contributed by atoms with van der Waals surface area (Å²) >= 11 is 0. The quantitative estimate of drug-likeness (QED) is 0.596. The predicted octanol–water partition coefficient (Wildman–Crippen LogP) is 2.43. The topological polar surface area (TPSA) is 84.6 Å². The smallest absolute Gasteiger partial charge is 0.273 e. The molecule has 2 N–H and O–H groups in total. The van der Waals surface area contributed by atoms with Crippen LogP contribution >= 0.6 is 0 Å². The van der Waals surface area contributed by atoms with E-state index in [1.165, 1.54) is 25.3 Å². The zero-order valence-corrected chi connectivity index (χ0v) is 8.85. The van der Waals surface area contributed by atoms with Gasteiger partial charge in [-0.2, -0.15) is 0 Å². The lowest BCUT2D eigenvalue weighted by Gasteiger charge is -2.05. The predicted molar refractivity (Wildman–Crippen MR) is 56.4 cm³/mol. The van der Waals surface area contributed by atoms with Gasteiger partial charge in [-0.15, -0.1) is 0 Å². The maximum absolute atomic E-state index is 10.3. The second-order valence-corrected chi connectivity index (χ2v) is 2.25. The Kier molecular flexibility index (Phi) is 5.81. The number of hydrogen-bond acceptors (Lipinski definition) is 5. The summed E-state index contributed by atoms with van der Waals surface area (Å²) in [7, 11) is 1.36. The molecule has 0 spiro atoms. The van der Waals surface area contributed by atoms with Gasteiger partial charge in [0, 0.05) is 6.07 Å². The summed E-state index contributed by atoms with van der Waals surface area (Å²) < 4.78 is 4.80. The van der Waals surface area contributed by atoms with Gasteiger partial charge in [0.15, 0.2) is 5.75 Å². The van der Waals surface area contributed by atoms with Gasteiger partial charge in [-0.25, -0.2) is 0 Å². The average Bonchev–Trinajstić information content (AvgIpc) is 2.30. The molecular formula is C9H14N2O4. The Morgan fingerprint density at radius 3 is 2.47 bits per heavy atom. The van der Waals surface area contributed by atoms with E-state index in [4.69, 9.17) is 9.94 Å². The second kappa shape index (κ2) is 6.61. The van der Waals surface area contributed by atoms with Crippen molar-refractivity contribution in [2.45, 2.75) is 13.8 Å². The largest absolute Gasteiger partial charge is 0.494 e. The average molecular weight is 214 g/mol. The standard InChI is InChI=1S/C7H8N2O4.C2H6/c1-13-7-4-5(9(11)12)2-3-6(7)8-10;1-2/h2-4,8,10H,1H3;1-2H3. The summed E-state index contributed by atoms with van der Waals surface area (Å²) in [5.41, 5.74) is 2.06. The van der Waals surface area contributed by atoms with Crippen LogP contribution in [-0.4, -0.2) is 17.2 Å². The molecule has 84 valence electrons. The molecule has 0 aliphatic heterocycles. The highest BCUT2D eigenvalue weighted by Crippen LogP contribution is 2.28. The minimum Gasteiger partial charge on any atom is -0.494 e. The number of nitro benzene ring substituents is 1. The molecule has 0 aromatic heterocycles. The lowest BCUT2D eigenvalue weighted by molar-refractivity contribution is -0.384. The Hall–Kier alpha value is -1.82. The minimum atomic E-state index is -0.538. The maximum Gasteiger partial charge on any atom is 0.273 e. The third-order valence-corrected chi connectivity index (χ3v) is 1.52. The van der Waals surface area contributed by atoms with E-state index in [2.05, 4.69) is 0 Å². The number of nitrogens with zero attached hydrogens (tertiary/aromatic N) is 1. The van der Waals surface area contributed by atoms with Gasteiger partial charge in [-0.3, -0.25) is 20.8 Å². The molecule has 1 aromatic rings. The molecule has 0 fully saturated rings. The summed E-state index contributed by atoms with van der Waals surface area (Å²) in [6.07, 6.45) is 0. The van der Waals surface area contributed by atoms with Crippen molar-refractivity contribution in [3.63, 3.8) is 0 Å². The molecule has 0 heterocycles. The van der Waals surface area contributed by atoms with Crippen LogP contribution in [0.4, 0.5) is 11.4 Å². The van der Waals surface area contributed by atoms with Crippen LogP contribution in [0.2, 0.25) is 0 Å². The Morgan fingerprint density at radius 1 is 1.47 bits per heavy atom. The normalized spacial score (nSPS) is 8.53. The van der Waals surface area contributed by atoms with Crippen molar-refractivity contribution in [3.05, 3.63) is 28.3 Å². The summed E-state index contributed by atoms with van der Waals surface area (Å²) in [6.45, 7) is 4.00. The number of hydrogen-bond donors (Lipinski definition) is 2. The van der Waals surface area contributed by atoms with Crippen molar-refractivity contribution in [2.75, 3.05) is 12.6 Å². The van der Waals surface area contributed by atoms with E-state index in [9.17, 15) is 10.1 Å². The fourth-order valence-electron chi connectivity index (χ4n) is 0.886. The van der Waals surface area contributed by atoms with Gasteiger partial charge in [0.05, 0.1) is 18.1 Å². The Labute approximate surface area is 87.6 Å². The lowest BCUT2D eigenvalue weighted by atomic mass is 10.2. The molecule has 0 saturated heterocycles. The Balaban J connectivity index is 0.000000921. The van der Waals surface area contributed by atoms with E-state index in [-0.39, 0.29) is 17.1 Å². The van der Waals surface area contributed by atoms with Crippen LogP contribution in [0.25, 0.3) is 0 Å². The van der Waals surface area contributed by atoms with Crippen molar-refractivity contribution in [3.8, 4) is 5.75 Å². The van der Waals surface area contributed by atoms with E-state index in [0.29, 0.717) is 0 Å². The molecule has 6 heteroatoms. The molecule has 1 aromatic carbocycles. The Morgan fingerprint density at radius 2 is 2.07 bits per heavy atom. The van der Waals surface area contributed by atoms with Crippen molar-refractivity contribution in [1.29, 1.82) is 0 Å². The first-order chi connectivity index (χ1) is 7.19. The van der Waals surface area contributed by atoms with Crippen LogP contribution in [0, 0.1) is 10.1 Å². The minimum absolute atomic E-state index is 0.0872. The monoisotopic (exact) mass is 214 g/mol. The number of nitro groups is 1. The summed E-state index contributed by atoms with van der Waals surface area (Å²) in [4.78, 5) is 9.80. The summed E-state index contributed by atoms with van der Waals surface area (Å²) in [5, 5.41) is 18.9. The SMILES string of the molecule is CC.COc1cc([N+](=O)[O-])ccc1NO. The van der Waals surface area contributed by atoms with Gasteiger partial charge >= 0.3 is 0 Å². The molecule has 0 radical (unpaired) electrons. The zero-order chi connectivity index (χ0) is 11.8. The van der Waals surface area contributed by atoms with E-state index in [0.717, 1.165) is 0 Å². The second-order valence-electron chi connectivity index (χ2n) is 2.25. The first-order valence-corrected chi connectivity index (χ1v) is 4.41. The third kappa shape index (κ3) is 3.43. The number of rotatable bonds is 3. The van der Waals surface area contributed by atoms with Crippen molar-refractivity contribution < 1.29 is 14.9 Å². The highest BCUT2D eigenvalue weighted by atomic mass is 16.6. The van der Waals surface area contributed by atoms with Gasteiger partial charge in [-0.1, -0.05) is 13.8 Å². The number of ether oxygens (including phenoxy) is 1. The van der Waals surface area contributed by atoms with Crippen LogP contribution in [0.3, 0.4) is 0 Å². The van der Waals surface area contributed by atoms with Crippen LogP contribution in [0.15, 0.2) is 18.2 Å². The van der Waals surface area contributed by atoms with Crippen LogP contribution in [0.1, 0.15) is 13.8 Å². The molecule has 0 bridgehead atoms. The summed E-state index contributed by atoms with van der Waals surface area (Å²) in [5.74, 6) is 0.219. The summed E-state index contributed by atoms with van der Waals surface area (Å²) in [6, 6.07) is 3.84. The van der Waals surface area contributed by atoms with E-state index in [1.54, 1.807) is 0 Å². The number of methoxy groups -OCH3 is 1. The highest BCUT2D eigenvalue weighted by molar-refractivity contribution is 5.59. The van der Waals surface area contributed by atoms with Crippen LogP contribution in [0.5, 0.6) is 5.75 Å².